The summed E-state index contributed by atoms with van der Waals surface area (Å²) < 4.78 is 5.42. The second kappa shape index (κ2) is 5.85. The van der Waals surface area contributed by atoms with Crippen LogP contribution < -0.4 is 5.32 Å². The molecule has 0 amide bonds. The van der Waals surface area contributed by atoms with Crippen LogP contribution in [0, 0.1) is 0 Å². The molecule has 0 bridgehead atoms. The summed E-state index contributed by atoms with van der Waals surface area (Å²) in [5.74, 6) is 2.25. The molecule has 2 heterocycles. The molecule has 0 radical (unpaired) electrons. The van der Waals surface area contributed by atoms with E-state index in [1.807, 2.05) is 23.9 Å². The number of benzene rings is 1. The van der Waals surface area contributed by atoms with Gasteiger partial charge < -0.3 is 9.73 Å². The quantitative estimate of drug-likeness (QED) is 0.910. The summed E-state index contributed by atoms with van der Waals surface area (Å²) in [6.45, 7) is 2.23. The number of nitrogens with one attached hydrogen (secondary N) is 1. The molecule has 2 atom stereocenters. The standard InChI is InChI=1S/C16H19NOS/c1-12(11-13-5-4-9-18-13)17-15-8-10-19-16-7-3-2-6-14(15)16/h2-7,9,12,15,17H,8,10-11H2,1H3. The molecule has 1 aliphatic rings. The van der Waals surface area contributed by atoms with Gasteiger partial charge in [-0.3, -0.25) is 0 Å². The lowest BCUT2D eigenvalue weighted by Crippen LogP contribution is -2.33. The van der Waals surface area contributed by atoms with Crippen molar-refractivity contribution >= 4 is 11.8 Å². The molecule has 3 rings (SSSR count). The molecule has 0 saturated heterocycles. The van der Waals surface area contributed by atoms with Crippen LogP contribution in [0.25, 0.3) is 0 Å². The van der Waals surface area contributed by atoms with E-state index in [9.17, 15) is 0 Å². The average Bonchev–Trinajstić information content (AvgIpc) is 2.92. The van der Waals surface area contributed by atoms with Crippen molar-refractivity contribution in [2.24, 2.45) is 0 Å². The molecule has 1 aliphatic heterocycles. The van der Waals surface area contributed by atoms with Crippen LogP contribution >= 0.6 is 11.8 Å². The number of rotatable bonds is 4. The third-order valence-electron chi connectivity index (χ3n) is 3.53. The molecule has 1 N–H and O–H groups in total. The van der Waals surface area contributed by atoms with E-state index < -0.39 is 0 Å². The minimum absolute atomic E-state index is 0.423. The summed E-state index contributed by atoms with van der Waals surface area (Å²) in [5, 5.41) is 3.74. The molecule has 2 unspecified atom stereocenters. The predicted octanol–water partition coefficient (Wildman–Crippen LogP) is 4.04. The highest BCUT2D eigenvalue weighted by molar-refractivity contribution is 7.99. The Morgan fingerprint density at radius 1 is 1.32 bits per heavy atom. The monoisotopic (exact) mass is 273 g/mol. The second-order valence-corrected chi connectivity index (χ2v) is 6.22. The van der Waals surface area contributed by atoms with Gasteiger partial charge in [-0.05, 0) is 42.9 Å². The van der Waals surface area contributed by atoms with Crippen molar-refractivity contribution in [1.29, 1.82) is 0 Å². The first-order chi connectivity index (χ1) is 9.33. The van der Waals surface area contributed by atoms with E-state index in [1.54, 1.807) is 6.26 Å². The van der Waals surface area contributed by atoms with E-state index in [-0.39, 0.29) is 0 Å². The van der Waals surface area contributed by atoms with E-state index in [2.05, 4.69) is 36.5 Å². The van der Waals surface area contributed by atoms with Crippen molar-refractivity contribution in [3.8, 4) is 0 Å². The highest BCUT2D eigenvalue weighted by Crippen LogP contribution is 2.36. The van der Waals surface area contributed by atoms with Crippen LogP contribution in [0.4, 0.5) is 0 Å². The topological polar surface area (TPSA) is 25.2 Å². The van der Waals surface area contributed by atoms with E-state index >= 15 is 0 Å². The Labute approximate surface area is 118 Å². The maximum Gasteiger partial charge on any atom is 0.105 e. The van der Waals surface area contributed by atoms with Crippen LogP contribution in [-0.4, -0.2) is 11.8 Å². The smallest absolute Gasteiger partial charge is 0.105 e. The van der Waals surface area contributed by atoms with Crippen LogP contribution in [0.5, 0.6) is 0 Å². The zero-order valence-corrected chi connectivity index (χ0v) is 12.0. The minimum atomic E-state index is 0.423. The van der Waals surface area contributed by atoms with Crippen molar-refractivity contribution in [3.63, 3.8) is 0 Å². The van der Waals surface area contributed by atoms with E-state index in [0.717, 1.165) is 12.2 Å². The molecule has 0 fully saturated rings. The van der Waals surface area contributed by atoms with Gasteiger partial charge in [0.1, 0.15) is 5.76 Å². The van der Waals surface area contributed by atoms with Gasteiger partial charge in [-0.1, -0.05) is 18.2 Å². The van der Waals surface area contributed by atoms with E-state index in [1.165, 1.54) is 22.6 Å². The Hall–Kier alpha value is -1.19. The fourth-order valence-electron chi connectivity index (χ4n) is 2.65. The van der Waals surface area contributed by atoms with E-state index in [0.29, 0.717) is 12.1 Å². The normalized spacial score (nSPS) is 19.9. The summed E-state index contributed by atoms with van der Waals surface area (Å²) in [4.78, 5) is 1.43. The SMILES string of the molecule is CC(Cc1ccco1)NC1CCSc2ccccc21. The largest absolute Gasteiger partial charge is 0.469 e. The summed E-state index contributed by atoms with van der Waals surface area (Å²) in [6, 6.07) is 13.6. The fourth-order valence-corrected chi connectivity index (χ4v) is 3.77. The molecule has 2 nitrogen and oxygen atoms in total. The molecular formula is C16H19NOS. The second-order valence-electron chi connectivity index (χ2n) is 5.08. The minimum Gasteiger partial charge on any atom is -0.469 e. The Kier molecular flexibility index (Phi) is 3.95. The maximum absolute atomic E-state index is 5.42. The molecule has 1 aromatic carbocycles. The zero-order valence-electron chi connectivity index (χ0n) is 11.1. The van der Waals surface area contributed by atoms with Gasteiger partial charge in [0.2, 0.25) is 0 Å². The highest BCUT2D eigenvalue weighted by Gasteiger charge is 2.21. The van der Waals surface area contributed by atoms with Crippen LogP contribution in [-0.2, 0) is 6.42 Å². The van der Waals surface area contributed by atoms with Gasteiger partial charge in [0.05, 0.1) is 6.26 Å². The summed E-state index contributed by atoms with van der Waals surface area (Å²) in [7, 11) is 0. The molecule has 1 aromatic heterocycles. The van der Waals surface area contributed by atoms with Gasteiger partial charge in [-0.25, -0.2) is 0 Å². The summed E-state index contributed by atoms with van der Waals surface area (Å²) in [6.07, 6.45) is 3.89. The van der Waals surface area contributed by atoms with Gasteiger partial charge in [0.15, 0.2) is 0 Å². The maximum atomic E-state index is 5.42. The van der Waals surface area contributed by atoms with Gasteiger partial charge >= 0.3 is 0 Å². The highest BCUT2D eigenvalue weighted by atomic mass is 32.2. The molecule has 3 heteroatoms. The summed E-state index contributed by atoms with van der Waals surface area (Å²) in [5.41, 5.74) is 1.45. The van der Waals surface area contributed by atoms with Crippen molar-refractivity contribution in [2.45, 2.75) is 36.7 Å². The third-order valence-corrected chi connectivity index (χ3v) is 4.65. The van der Waals surface area contributed by atoms with Gasteiger partial charge in [0, 0.05) is 23.4 Å². The number of furan rings is 1. The average molecular weight is 273 g/mol. The first-order valence-corrected chi connectivity index (χ1v) is 7.81. The predicted molar refractivity (Wildman–Crippen MR) is 79.5 cm³/mol. The molecule has 0 saturated carbocycles. The fraction of sp³-hybridized carbons (Fsp3) is 0.375. The zero-order chi connectivity index (χ0) is 13.1. The van der Waals surface area contributed by atoms with Gasteiger partial charge in [-0.15, -0.1) is 11.8 Å². The van der Waals surface area contributed by atoms with Crippen molar-refractivity contribution in [3.05, 3.63) is 54.0 Å². The van der Waals surface area contributed by atoms with Crippen LogP contribution in [0.1, 0.15) is 30.7 Å². The van der Waals surface area contributed by atoms with Crippen LogP contribution in [0.15, 0.2) is 52.0 Å². The number of thioether (sulfide) groups is 1. The van der Waals surface area contributed by atoms with Crippen LogP contribution in [0.3, 0.4) is 0 Å². The van der Waals surface area contributed by atoms with Gasteiger partial charge in [0.25, 0.3) is 0 Å². The van der Waals surface area contributed by atoms with Crippen molar-refractivity contribution < 1.29 is 4.42 Å². The first kappa shape index (κ1) is 12.8. The number of fused-ring (bicyclic) bond motifs is 1. The molecule has 19 heavy (non-hydrogen) atoms. The van der Waals surface area contributed by atoms with Crippen molar-refractivity contribution in [1.82, 2.24) is 5.32 Å². The molecular weight excluding hydrogens is 254 g/mol. The Morgan fingerprint density at radius 2 is 2.21 bits per heavy atom. The van der Waals surface area contributed by atoms with Crippen LogP contribution in [0.2, 0.25) is 0 Å². The van der Waals surface area contributed by atoms with E-state index in [4.69, 9.17) is 4.42 Å². The number of hydrogen-bond acceptors (Lipinski definition) is 3. The first-order valence-electron chi connectivity index (χ1n) is 6.83. The lowest BCUT2D eigenvalue weighted by atomic mass is 10.0. The number of hydrogen-bond donors (Lipinski definition) is 1. The molecule has 0 spiro atoms. The Bertz CT molecular complexity index is 523. The lowest BCUT2D eigenvalue weighted by Gasteiger charge is -2.28. The lowest BCUT2D eigenvalue weighted by molar-refractivity contribution is 0.407. The molecule has 100 valence electrons. The van der Waals surface area contributed by atoms with Gasteiger partial charge in [-0.2, -0.15) is 0 Å². The Balaban J connectivity index is 1.67. The third kappa shape index (κ3) is 3.04. The Morgan fingerprint density at radius 3 is 3.05 bits per heavy atom. The molecule has 2 aromatic rings. The molecule has 0 aliphatic carbocycles. The van der Waals surface area contributed by atoms with Crippen molar-refractivity contribution in [2.75, 3.05) is 5.75 Å². The summed E-state index contributed by atoms with van der Waals surface area (Å²) >= 11 is 1.97.